The van der Waals surface area contributed by atoms with E-state index in [0.717, 1.165) is 19.4 Å². The summed E-state index contributed by atoms with van der Waals surface area (Å²) in [6.45, 7) is 0. The van der Waals surface area contributed by atoms with Crippen LogP contribution in [0.25, 0.3) is 0 Å². The third-order valence-corrected chi connectivity index (χ3v) is 3.98. The monoisotopic (exact) mass is 475 g/mol. The Labute approximate surface area is 149 Å². The van der Waals surface area contributed by atoms with Crippen LogP contribution in [0.3, 0.4) is 0 Å². The molecular weight excluding hydrogens is 465 g/mol. The summed E-state index contributed by atoms with van der Waals surface area (Å²) in [5.41, 5.74) is 4.34. The summed E-state index contributed by atoms with van der Waals surface area (Å²) in [6.07, 6.45) is 1.63. The van der Waals surface area contributed by atoms with Crippen LogP contribution in [0.4, 0.5) is 11.4 Å². The van der Waals surface area contributed by atoms with Gasteiger partial charge in [0.15, 0.2) is 0 Å². The van der Waals surface area contributed by atoms with Crippen LogP contribution in [0, 0.1) is 13.7 Å². The molecule has 0 heterocycles. The number of nitro groups is 1. The first kappa shape index (κ1) is 16.7. The highest BCUT2D eigenvalue weighted by Gasteiger charge is 2.07. The SMILES string of the molecule is COc1c(I)cc(Br)cc1/C=N/Nc1ccc([N+](=O)[O-])cc1. The van der Waals surface area contributed by atoms with E-state index in [9.17, 15) is 10.1 Å². The van der Waals surface area contributed by atoms with E-state index in [1.165, 1.54) is 12.1 Å². The van der Waals surface area contributed by atoms with Gasteiger partial charge in [0.05, 0.1) is 27.5 Å². The maximum Gasteiger partial charge on any atom is 0.269 e. The van der Waals surface area contributed by atoms with Gasteiger partial charge in [-0.15, -0.1) is 0 Å². The molecule has 0 aliphatic carbocycles. The number of halogens is 2. The zero-order chi connectivity index (χ0) is 16.1. The Kier molecular flexibility index (Phi) is 5.72. The lowest BCUT2D eigenvalue weighted by molar-refractivity contribution is -0.384. The third kappa shape index (κ3) is 4.17. The minimum absolute atomic E-state index is 0.0396. The quantitative estimate of drug-likeness (QED) is 0.300. The number of rotatable bonds is 5. The van der Waals surface area contributed by atoms with Crippen LogP contribution >= 0.6 is 38.5 Å². The summed E-state index contributed by atoms with van der Waals surface area (Å²) < 4.78 is 7.24. The number of methoxy groups -OCH3 is 1. The minimum atomic E-state index is -0.443. The standard InChI is InChI=1S/C14H11BrIN3O3/c1-22-14-9(6-10(15)7-13(14)16)8-17-18-11-2-4-12(5-3-11)19(20)21/h2-8,18H,1H3/b17-8+. The van der Waals surface area contributed by atoms with Crippen molar-refractivity contribution in [3.05, 3.63) is 60.1 Å². The number of hydrazone groups is 1. The van der Waals surface area contributed by atoms with Crippen molar-refractivity contribution in [2.24, 2.45) is 5.10 Å². The lowest BCUT2D eigenvalue weighted by Gasteiger charge is -2.08. The van der Waals surface area contributed by atoms with Gasteiger partial charge in [0.25, 0.3) is 5.69 Å². The molecule has 0 aliphatic rings. The van der Waals surface area contributed by atoms with Crippen molar-refractivity contribution in [2.75, 3.05) is 12.5 Å². The Balaban J connectivity index is 2.14. The normalized spacial score (nSPS) is 10.7. The first-order valence-corrected chi connectivity index (χ1v) is 7.95. The fourth-order valence-corrected chi connectivity index (χ4v) is 3.50. The van der Waals surface area contributed by atoms with Crippen molar-refractivity contribution < 1.29 is 9.66 Å². The molecule has 0 atom stereocenters. The van der Waals surface area contributed by atoms with Crippen molar-refractivity contribution in [2.45, 2.75) is 0 Å². The highest BCUT2D eigenvalue weighted by atomic mass is 127. The summed E-state index contributed by atoms with van der Waals surface area (Å²) in [4.78, 5) is 10.1. The Hall–Kier alpha value is -1.68. The largest absolute Gasteiger partial charge is 0.495 e. The molecule has 0 fully saturated rings. The maximum atomic E-state index is 10.6. The average Bonchev–Trinajstić information content (AvgIpc) is 2.47. The summed E-state index contributed by atoms with van der Waals surface area (Å²) >= 11 is 5.61. The lowest BCUT2D eigenvalue weighted by Crippen LogP contribution is -1.96. The van der Waals surface area contributed by atoms with Crippen molar-refractivity contribution >= 4 is 56.1 Å². The number of non-ortho nitro benzene ring substituents is 1. The van der Waals surface area contributed by atoms with Gasteiger partial charge in [-0.1, -0.05) is 15.9 Å². The zero-order valence-electron chi connectivity index (χ0n) is 11.4. The molecule has 0 radical (unpaired) electrons. The average molecular weight is 476 g/mol. The molecule has 0 saturated carbocycles. The number of benzene rings is 2. The van der Waals surface area contributed by atoms with Crippen molar-refractivity contribution in [1.29, 1.82) is 0 Å². The Morgan fingerprint density at radius 3 is 2.64 bits per heavy atom. The Morgan fingerprint density at radius 1 is 1.36 bits per heavy atom. The molecule has 6 nitrogen and oxygen atoms in total. The predicted octanol–water partition coefficient (Wildman–Crippen LogP) is 4.42. The van der Waals surface area contributed by atoms with E-state index in [1.807, 2.05) is 12.1 Å². The second-order valence-corrected chi connectivity index (χ2v) is 6.26. The highest BCUT2D eigenvalue weighted by Crippen LogP contribution is 2.28. The first-order chi connectivity index (χ1) is 10.5. The Bertz CT molecular complexity index is 720. The molecule has 0 spiro atoms. The van der Waals surface area contributed by atoms with Crippen LogP contribution in [-0.2, 0) is 0 Å². The van der Waals surface area contributed by atoms with Crippen LogP contribution in [0.1, 0.15) is 5.56 Å². The topological polar surface area (TPSA) is 76.8 Å². The molecule has 2 aromatic rings. The van der Waals surface area contributed by atoms with Crippen LogP contribution in [0.5, 0.6) is 5.75 Å². The van der Waals surface area contributed by atoms with E-state index < -0.39 is 4.92 Å². The van der Waals surface area contributed by atoms with Crippen LogP contribution < -0.4 is 10.2 Å². The summed E-state index contributed by atoms with van der Waals surface area (Å²) in [7, 11) is 1.60. The molecule has 1 N–H and O–H groups in total. The zero-order valence-corrected chi connectivity index (χ0v) is 15.2. The number of ether oxygens (including phenoxy) is 1. The molecular formula is C14H11BrIN3O3. The number of hydrogen-bond donors (Lipinski definition) is 1. The van der Waals surface area contributed by atoms with Gasteiger partial charge in [0, 0.05) is 22.2 Å². The summed E-state index contributed by atoms with van der Waals surface area (Å²) in [6, 6.07) is 9.86. The minimum Gasteiger partial charge on any atom is -0.495 e. The summed E-state index contributed by atoms with van der Waals surface area (Å²) in [5, 5.41) is 14.7. The molecule has 22 heavy (non-hydrogen) atoms. The van der Waals surface area contributed by atoms with Crippen molar-refractivity contribution in [3.63, 3.8) is 0 Å². The fourth-order valence-electron chi connectivity index (χ4n) is 1.73. The van der Waals surface area contributed by atoms with Gasteiger partial charge in [-0.05, 0) is 46.9 Å². The van der Waals surface area contributed by atoms with Gasteiger partial charge in [-0.2, -0.15) is 5.10 Å². The van der Waals surface area contributed by atoms with E-state index in [2.05, 4.69) is 49.0 Å². The molecule has 0 unspecified atom stereocenters. The predicted molar refractivity (Wildman–Crippen MR) is 97.7 cm³/mol. The van der Waals surface area contributed by atoms with E-state index in [0.29, 0.717) is 5.69 Å². The van der Waals surface area contributed by atoms with Gasteiger partial charge < -0.3 is 4.74 Å². The molecule has 114 valence electrons. The molecule has 0 bridgehead atoms. The van der Waals surface area contributed by atoms with E-state index in [4.69, 9.17) is 4.74 Å². The molecule has 2 aromatic carbocycles. The number of nitrogens with zero attached hydrogens (tertiary/aromatic N) is 2. The van der Waals surface area contributed by atoms with Crippen molar-refractivity contribution in [3.8, 4) is 5.75 Å². The molecule has 8 heteroatoms. The number of nitro benzene ring substituents is 1. The van der Waals surface area contributed by atoms with Gasteiger partial charge in [0.1, 0.15) is 5.75 Å². The maximum absolute atomic E-state index is 10.6. The smallest absolute Gasteiger partial charge is 0.269 e. The second-order valence-electron chi connectivity index (χ2n) is 4.18. The van der Waals surface area contributed by atoms with E-state index in [-0.39, 0.29) is 5.69 Å². The van der Waals surface area contributed by atoms with Crippen molar-refractivity contribution in [1.82, 2.24) is 0 Å². The third-order valence-electron chi connectivity index (χ3n) is 2.72. The van der Waals surface area contributed by atoms with E-state index in [1.54, 1.807) is 25.5 Å². The van der Waals surface area contributed by atoms with Crippen LogP contribution in [0.15, 0.2) is 46.0 Å². The molecule has 2 rings (SSSR count). The van der Waals surface area contributed by atoms with Gasteiger partial charge in [-0.25, -0.2) is 0 Å². The molecule has 0 aromatic heterocycles. The molecule has 0 saturated heterocycles. The number of anilines is 1. The molecule has 0 amide bonds. The Morgan fingerprint density at radius 2 is 2.05 bits per heavy atom. The van der Waals surface area contributed by atoms with Gasteiger partial charge in [-0.3, -0.25) is 15.5 Å². The fraction of sp³-hybridized carbons (Fsp3) is 0.0714. The van der Waals surface area contributed by atoms with Gasteiger partial charge >= 0.3 is 0 Å². The van der Waals surface area contributed by atoms with E-state index >= 15 is 0 Å². The van der Waals surface area contributed by atoms with Crippen LogP contribution in [0.2, 0.25) is 0 Å². The van der Waals surface area contributed by atoms with Crippen LogP contribution in [-0.4, -0.2) is 18.2 Å². The lowest BCUT2D eigenvalue weighted by atomic mass is 10.2. The summed E-state index contributed by atoms with van der Waals surface area (Å²) in [5.74, 6) is 0.734. The number of nitrogens with one attached hydrogen (secondary N) is 1. The second kappa shape index (κ2) is 7.54. The number of hydrogen-bond acceptors (Lipinski definition) is 5. The highest BCUT2D eigenvalue weighted by molar-refractivity contribution is 14.1. The molecule has 0 aliphatic heterocycles. The van der Waals surface area contributed by atoms with Gasteiger partial charge in [0.2, 0.25) is 0 Å². The first-order valence-electron chi connectivity index (χ1n) is 6.08.